The van der Waals surface area contributed by atoms with Gasteiger partial charge in [0.15, 0.2) is 0 Å². The predicted octanol–water partition coefficient (Wildman–Crippen LogP) is 4.35. The van der Waals surface area contributed by atoms with Crippen molar-refractivity contribution in [3.63, 3.8) is 0 Å². The van der Waals surface area contributed by atoms with Crippen molar-refractivity contribution in [3.05, 3.63) is 70.6 Å². The number of aromatic nitrogens is 1. The second-order valence-corrected chi connectivity index (χ2v) is 6.21. The summed E-state index contributed by atoms with van der Waals surface area (Å²) in [5.74, 6) is -0.391. The molecular weight excluding hydrogens is 334 g/mol. The second kappa shape index (κ2) is 7.72. The van der Waals surface area contributed by atoms with Crippen molar-refractivity contribution in [1.82, 2.24) is 4.98 Å². The highest BCUT2D eigenvalue weighted by Gasteiger charge is 2.09. The molecule has 0 fully saturated rings. The number of anilines is 1. The quantitative estimate of drug-likeness (QED) is 0.422. The largest absolute Gasteiger partial charge is 0.465 e. The molecule has 0 aliphatic rings. The number of benzene rings is 2. The molecule has 0 spiro atoms. The first-order valence-corrected chi connectivity index (χ1v) is 8.54. The minimum absolute atomic E-state index is 0.391. The van der Waals surface area contributed by atoms with Gasteiger partial charge in [-0.1, -0.05) is 48.0 Å². The Morgan fingerprint density at radius 3 is 2.72 bits per heavy atom. The van der Waals surface area contributed by atoms with Gasteiger partial charge < -0.3 is 4.74 Å². The molecule has 3 rings (SSSR count). The average Bonchev–Trinajstić information content (AvgIpc) is 3.11. The van der Waals surface area contributed by atoms with Gasteiger partial charge in [0.05, 0.1) is 24.6 Å². The fourth-order valence-corrected chi connectivity index (χ4v) is 2.91. The normalized spacial score (nSPS) is 10.8. The van der Waals surface area contributed by atoms with Crippen LogP contribution >= 0.6 is 11.3 Å². The van der Waals surface area contributed by atoms with Crippen LogP contribution in [0.4, 0.5) is 5.13 Å². The molecule has 0 atom stereocenters. The first-order valence-electron chi connectivity index (χ1n) is 7.66. The van der Waals surface area contributed by atoms with E-state index in [1.807, 2.05) is 23.6 Å². The third kappa shape index (κ3) is 4.10. The summed E-state index contributed by atoms with van der Waals surface area (Å²) in [6, 6.07) is 15.3. The third-order valence-corrected chi connectivity index (χ3v) is 4.33. The molecule has 0 aliphatic heterocycles. The van der Waals surface area contributed by atoms with Crippen LogP contribution < -0.4 is 5.43 Å². The Kier molecular flexibility index (Phi) is 5.20. The van der Waals surface area contributed by atoms with Crippen LogP contribution in [-0.4, -0.2) is 24.3 Å². The fourth-order valence-electron chi connectivity index (χ4n) is 2.24. The van der Waals surface area contributed by atoms with Crippen LogP contribution in [0.2, 0.25) is 0 Å². The lowest BCUT2D eigenvalue weighted by molar-refractivity contribution is 0.0600. The monoisotopic (exact) mass is 351 g/mol. The zero-order valence-electron chi connectivity index (χ0n) is 13.9. The molecule has 3 aromatic rings. The summed E-state index contributed by atoms with van der Waals surface area (Å²) < 4.78 is 4.77. The molecule has 0 unspecified atom stereocenters. The van der Waals surface area contributed by atoms with Gasteiger partial charge in [-0.05, 0) is 13.0 Å². The molecule has 2 aromatic carbocycles. The summed E-state index contributed by atoms with van der Waals surface area (Å²) in [6.07, 6.45) is 1.58. The van der Waals surface area contributed by atoms with Crippen molar-refractivity contribution in [3.8, 4) is 11.3 Å². The van der Waals surface area contributed by atoms with E-state index in [0.717, 1.165) is 11.3 Å². The van der Waals surface area contributed by atoms with Gasteiger partial charge in [0, 0.05) is 16.5 Å². The van der Waals surface area contributed by atoms with E-state index in [1.54, 1.807) is 24.4 Å². The summed E-state index contributed by atoms with van der Waals surface area (Å²) in [5, 5.41) is 6.84. The van der Waals surface area contributed by atoms with Gasteiger partial charge in [0.25, 0.3) is 0 Å². The van der Waals surface area contributed by atoms with Gasteiger partial charge in [-0.25, -0.2) is 9.78 Å². The third-order valence-electron chi connectivity index (χ3n) is 3.58. The second-order valence-electron chi connectivity index (χ2n) is 5.35. The van der Waals surface area contributed by atoms with Crippen molar-refractivity contribution in [2.75, 3.05) is 12.5 Å². The lowest BCUT2D eigenvalue weighted by atomic mass is 10.1. The predicted molar refractivity (Wildman–Crippen MR) is 101 cm³/mol. The number of hydrogen-bond acceptors (Lipinski definition) is 6. The van der Waals surface area contributed by atoms with Crippen molar-refractivity contribution < 1.29 is 9.53 Å². The lowest BCUT2D eigenvalue weighted by Gasteiger charge is -2.02. The minimum Gasteiger partial charge on any atom is -0.465 e. The molecule has 1 heterocycles. The number of thiazole rings is 1. The first kappa shape index (κ1) is 16.9. The van der Waals surface area contributed by atoms with Crippen molar-refractivity contribution in [1.29, 1.82) is 0 Å². The molecule has 126 valence electrons. The van der Waals surface area contributed by atoms with Crippen LogP contribution in [0.3, 0.4) is 0 Å². The van der Waals surface area contributed by atoms with Gasteiger partial charge in [0.1, 0.15) is 0 Å². The van der Waals surface area contributed by atoms with Gasteiger partial charge in [-0.3, -0.25) is 5.43 Å². The van der Waals surface area contributed by atoms with E-state index in [9.17, 15) is 4.79 Å². The van der Waals surface area contributed by atoms with Crippen molar-refractivity contribution >= 4 is 28.7 Å². The number of hydrazone groups is 1. The number of rotatable bonds is 5. The zero-order chi connectivity index (χ0) is 17.6. The smallest absolute Gasteiger partial charge is 0.338 e. The number of carbonyl (C=O) groups excluding carboxylic acids is 1. The summed E-state index contributed by atoms with van der Waals surface area (Å²) in [6.45, 7) is 2.05. The zero-order valence-corrected chi connectivity index (χ0v) is 14.7. The van der Waals surface area contributed by atoms with Crippen molar-refractivity contribution in [2.24, 2.45) is 5.10 Å². The summed E-state index contributed by atoms with van der Waals surface area (Å²) in [7, 11) is 1.36. The molecule has 1 aromatic heterocycles. The molecule has 0 bridgehead atoms. The number of ether oxygens (including phenoxy) is 1. The standard InChI is InChI=1S/C19H17N3O2S/c1-13-7-9-14(10-8-13)17-12-25-19(21-17)22-20-11-15-5-3-4-6-16(15)18(23)24-2/h3-12H,1-2H3,(H,21,22)/b20-11+. The Balaban J connectivity index is 1.71. The Morgan fingerprint density at radius 2 is 1.96 bits per heavy atom. The van der Waals surface area contributed by atoms with E-state index < -0.39 is 5.97 Å². The number of nitrogens with zero attached hydrogens (tertiary/aromatic N) is 2. The van der Waals surface area contributed by atoms with Crippen LogP contribution in [0, 0.1) is 6.92 Å². The molecule has 0 aliphatic carbocycles. The SMILES string of the molecule is COC(=O)c1ccccc1/C=N/Nc1nc(-c2ccc(C)cc2)cs1. The molecular formula is C19H17N3O2S. The maximum atomic E-state index is 11.7. The van der Waals surface area contributed by atoms with E-state index in [2.05, 4.69) is 34.6 Å². The van der Waals surface area contributed by atoms with Gasteiger partial charge in [0.2, 0.25) is 5.13 Å². The molecule has 6 heteroatoms. The highest BCUT2D eigenvalue weighted by atomic mass is 32.1. The molecule has 25 heavy (non-hydrogen) atoms. The number of esters is 1. The van der Waals surface area contributed by atoms with Gasteiger partial charge >= 0.3 is 5.97 Å². The number of methoxy groups -OCH3 is 1. The van der Waals surface area contributed by atoms with Gasteiger partial charge in [-0.2, -0.15) is 5.10 Å². The van der Waals surface area contributed by atoms with Crippen LogP contribution in [0.15, 0.2) is 59.0 Å². The highest BCUT2D eigenvalue weighted by Crippen LogP contribution is 2.25. The van der Waals surface area contributed by atoms with E-state index in [1.165, 1.54) is 24.0 Å². The molecule has 1 N–H and O–H groups in total. The van der Waals surface area contributed by atoms with Gasteiger partial charge in [-0.15, -0.1) is 11.3 Å². The van der Waals surface area contributed by atoms with Crippen LogP contribution in [0.1, 0.15) is 21.5 Å². The molecule has 0 saturated heterocycles. The van der Waals surface area contributed by atoms with E-state index in [4.69, 9.17) is 4.74 Å². The van der Waals surface area contributed by atoms with E-state index in [-0.39, 0.29) is 0 Å². The lowest BCUT2D eigenvalue weighted by Crippen LogP contribution is -2.05. The average molecular weight is 351 g/mol. The number of nitrogens with one attached hydrogen (secondary N) is 1. The van der Waals surface area contributed by atoms with Crippen LogP contribution in [0.25, 0.3) is 11.3 Å². The Labute approximate surface area is 150 Å². The Hall–Kier alpha value is -2.99. The minimum atomic E-state index is -0.391. The maximum absolute atomic E-state index is 11.7. The highest BCUT2D eigenvalue weighted by molar-refractivity contribution is 7.14. The van der Waals surface area contributed by atoms with Crippen LogP contribution in [0.5, 0.6) is 0 Å². The topological polar surface area (TPSA) is 63.6 Å². The van der Waals surface area contributed by atoms with E-state index >= 15 is 0 Å². The molecule has 0 amide bonds. The summed E-state index contributed by atoms with van der Waals surface area (Å²) >= 11 is 1.47. The Bertz CT molecular complexity index is 901. The molecule has 5 nitrogen and oxygen atoms in total. The number of carbonyl (C=O) groups is 1. The maximum Gasteiger partial charge on any atom is 0.338 e. The fraction of sp³-hybridized carbons (Fsp3) is 0.105. The molecule has 0 saturated carbocycles. The van der Waals surface area contributed by atoms with E-state index in [0.29, 0.717) is 16.3 Å². The first-order chi connectivity index (χ1) is 12.2. The number of aryl methyl sites for hydroxylation is 1. The van der Waals surface area contributed by atoms with Crippen molar-refractivity contribution in [2.45, 2.75) is 6.92 Å². The summed E-state index contributed by atoms with van der Waals surface area (Å²) in [5.41, 5.74) is 7.23. The summed E-state index contributed by atoms with van der Waals surface area (Å²) in [4.78, 5) is 16.3. The Morgan fingerprint density at radius 1 is 1.20 bits per heavy atom. The number of hydrogen-bond donors (Lipinski definition) is 1. The van der Waals surface area contributed by atoms with Crippen LogP contribution in [-0.2, 0) is 4.74 Å². The molecule has 0 radical (unpaired) electrons.